The van der Waals surface area contributed by atoms with Crippen LogP contribution in [0.15, 0.2) is 53.1 Å². The Balaban J connectivity index is 1.82. The molecule has 0 atom stereocenters. The zero-order chi connectivity index (χ0) is 16.0. The number of nitrogens with zero attached hydrogens (tertiary/aromatic N) is 2. The van der Waals surface area contributed by atoms with Crippen molar-refractivity contribution in [2.24, 2.45) is 0 Å². The normalized spacial score (nSPS) is 11.2. The van der Waals surface area contributed by atoms with Crippen molar-refractivity contribution < 1.29 is 9.53 Å². The number of fused-ring (bicyclic) bond motifs is 3. The Labute approximate surface area is 144 Å². The summed E-state index contributed by atoms with van der Waals surface area (Å²) < 4.78 is 9.29. The number of carbonyl (C=O) groups is 1. The number of halogens is 1. The van der Waals surface area contributed by atoms with Gasteiger partial charge in [-0.05, 0) is 52.3 Å². The number of imidazole rings is 1. The summed E-state index contributed by atoms with van der Waals surface area (Å²) in [5.41, 5.74) is 2.97. The fraction of sp³-hybridized carbons (Fsp3) is 0.0588. The van der Waals surface area contributed by atoms with E-state index < -0.39 is 0 Å². The Kier molecular flexibility index (Phi) is 3.43. The summed E-state index contributed by atoms with van der Waals surface area (Å²) in [4.78, 5) is 16.7. The first kappa shape index (κ1) is 14.4. The zero-order valence-corrected chi connectivity index (χ0v) is 14.5. The predicted octanol–water partition coefficient (Wildman–Crippen LogP) is 4.90. The van der Waals surface area contributed by atoms with E-state index in [9.17, 15) is 4.79 Å². The molecule has 4 nitrogen and oxygen atoms in total. The van der Waals surface area contributed by atoms with Gasteiger partial charge < -0.3 is 4.74 Å². The van der Waals surface area contributed by atoms with Crippen LogP contribution in [0, 0.1) is 0 Å². The van der Waals surface area contributed by atoms with Crippen LogP contribution < -0.4 is 4.74 Å². The van der Waals surface area contributed by atoms with Gasteiger partial charge in [0.25, 0.3) is 0 Å². The molecule has 0 aliphatic heterocycles. The Morgan fingerprint density at radius 3 is 2.65 bits per heavy atom. The minimum Gasteiger partial charge on any atom is -0.427 e. The molecule has 114 valence electrons. The fourth-order valence-corrected chi connectivity index (χ4v) is 4.33. The van der Waals surface area contributed by atoms with E-state index in [-0.39, 0.29) is 5.97 Å². The van der Waals surface area contributed by atoms with Crippen LogP contribution in [0.5, 0.6) is 5.75 Å². The molecule has 0 bridgehead atoms. The summed E-state index contributed by atoms with van der Waals surface area (Å²) in [5, 5.41) is 0. The number of hydrogen-bond acceptors (Lipinski definition) is 4. The predicted molar refractivity (Wildman–Crippen MR) is 95.0 cm³/mol. The standard InChI is InChI=1S/C17H11BrN2O2S/c1-10(21)22-12-8-6-11(7-9-12)15-16(18)20-13-4-2-3-5-14(13)23-17(20)19-15/h2-9H,1H3. The van der Waals surface area contributed by atoms with Gasteiger partial charge in [0, 0.05) is 12.5 Å². The molecule has 2 aromatic heterocycles. The average Bonchev–Trinajstić information content (AvgIpc) is 3.04. The summed E-state index contributed by atoms with van der Waals surface area (Å²) in [7, 11) is 0. The van der Waals surface area contributed by atoms with Gasteiger partial charge in [-0.15, -0.1) is 0 Å². The molecule has 0 fully saturated rings. The first-order valence-electron chi connectivity index (χ1n) is 6.98. The van der Waals surface area contributed by atoms with Crippen LogP contribution in [-0.2, 0) is 4.79 Å². The molecule has 0 radical (unpaired) electrons. The van der Waals surface area contributed by atoms with E-state index in [1.165, 1.54) is 11.6 Å². The molecule has 2 heterocycles. The third-order valence-electron chi connectivity index (χ3n) is 3.49. The third kappa shape index (κ3) is 2.44. The number of para-hydroxylation sites is 1. The molecule has 2 aromatic carbocycles. The second-order valence-electron chi connectivity index (χ2n) is 5.06. The number of ether oxygens (including phenoxy) is 1. The molecular weight excluding hydrogens is 376 g/mol. The molecule has 0 N–H and O–H groups in total. The molecule has 0 saturated heterocycles. The first-order chi connectivity index (χ1) is 11.1. The van der Waals surface area contributed by atoms with E-state index in [1.807, 2.05) is 24.3 Å². The molecule has 4 rings (SSSR count). The van der Waals surface area contributed by atoms with Crippen LogP contribution in [0.2, 0.25) is 0 Å². The van der Waals surface area contributed by atoms with Gasteiger partial charge >= 0.3 is 5.97 Å². The molecule has 0 unspecified atom stereocenters. The molecule has 0 amide bonds. The minimum absolute atomic E-state index is 0.326. The maximum Gasteiger partial charge on any atom is 0.308 e. The largest absolute Gasteiger partial charge is 0.427 e. The smallest absolute Gasteiger partial charge is 0.308 e. The number of thiazole rings is 1. The van der Waals surface area contributed by atoms with Crippen LogP contribution in [0.25, 0.3) is 26.4 Å². The molecule has 0 aliphatic carbocycles. The van der Waals surface area contributed by atoms with Gasteiger partial charge in [-0.1, -0.05) is 23.5 Å². The van der Waals surface area contributed by atoms with Crippen molar-refractivity contribution in [2.75, 3.05) is 0 Å². The SMILES string of the molecule is CC(=O)Oc1ccc(-c2nc3sc4ccccc4n3c2Br)cc1. The van der Waals surface area contributed by atoms with Crippen LogP contribution in [0.4, 0.5) is 0 Å². The topological polar surface area (TPSA) is 43.6 Å². The van der Waals surface area contributed by atoms with Crippen molar-refractivity contribution in [3.63, 3.8) is 0 Å². The number of rotatable bonds is 2. The second kappa shape index (κ2) is 5.47. The van der Waals surface area contributed by atoms with Gasteiger partial charge in [-0.2, -0.15) is 0 Å². The lowest BCUT2D eigenvalue weighted by Crippen LogP contribution is -2.00. The summed E-state index contributed by atoms with van der Waals surface area (Å²) in [5.74, 6) is 0.205. The first-order valence-corrected chi connectivity index (χ1v) is 8.59. The van der Waals surface area contributed by atoms with Gasteiger partial charge in [-0.3, -0.25) is 9.20 Å². The van der Waals surface area contributed by atoms with Crippen LogP contribution >= 0.6 is 27.3 Å². The highest BCUT2D eigenvalue weighted by Gasteiger charge is 2.16. The average molecular weight is 387 g/mol. The molecule has 0 spiro atoms. The second-order valence-corrected chi connectivity index (χ2v) is 6.82. The van der Waals surface area contributed by atoms with Crippen molar-refractivity contribution in [3.8, 4) is 17.0 Å². The lowest BCUT2D eigenvalue weighted by molar-refractivity contribution is -0.131. The molecule has 0 saturated carbocycles. The van der Waals surface area contributed by atoms with Gasteiger partial charge in [0.05, 0.1) is 10.2 Å². The Bertz CT molecular complexity index is 1030. The number of esters is 1. The maximum atomic E-state index is 11.0. The van der Waals surface area contributed by atoms with Crippen molar-refractivity contribution in [1.82, 2.24) is 9.38 Å². The number of benzene rings is 2. The fourth-order valence-electron chi connectivity index (χ4n) is 2.52. The summed E-state index contributed by atoms with van der Waals surface area (Å²) in [6.07, 6.45) is 0. The van der Waals surface area contributed by atoms with Gasteiger partial charge in [0.15, 0.2) is 4.96 Å². The Morgan fingerprint density at radius 2 is 1.91 bits per heavy atom. The van der Waals surface area contributed by atoms with Crippen LogP contribution in [0.3, 0.4) is 0 Å². The van der Waals surface area contributed by atoms with E-state index in [0.29, 0.717) is 5.75 Å². The van der Waals surface area contributed by atoms with Crippen LogP contribution in [-0.4, -0.2) is 15.4 Å². The third-order valence-corrected chi connectivity index (χ3v) is 5.24. The minimum atomic E-state index is -0.326. The maximum absolute atomic E-state index is 11.0. The van der Waals surface area contributed by atoms with E-state index in [4.69, 9.17) is 9.72 Å². The van der Waals surface area contributed by atoms with E-state index in [2.05, 4.69) is 32.5 Å². The molecule has 4 aromatic rings. The van der Waals surface area contributed by atoms with Crippen molar-refractivity contribution in [2.45, 2.75) is 6.92 Å². The van der Waals surface area contributed by atoms with Gasteiger partial charge in [0.1, 0.15) is 16.0 Å². The van der Waals surface area contributed by atoms with Crippen molar-refractivity contribution >= 4 is 48.4 Å². The summed E-state index contributed by atoms with van der Waals surface area (Å²) in [6, 6.07) is 15.6. The Morgan fingerprint density at radius 1 is 1.17 bits per heavy atom. The Hall–Kier alpha value is -2.18. The molecule has 6 heteroatoms. The van der Waals surface area contributed by atoms with Crippen LogP contribution in [0.1, 0.15) is 6.92 Å². The number of aromatic nitrogens is 2. The van der Waals surface area contributed by atoms with E-state index >= 15 is 0 Å². The lowest BCUT2D eigenvalue weighted by Gasteiger charge is -2.03. The quantitative estimate of drug-likeness (QED) is 0.363. The highest BCUT2D eigenvalue weighted by molar-refractivity contribution is 9.10. The summed E-state index contributed by atoms with van der Waals surface area (Å²) in [6.45, 7) is 1.39. The number of carbonyl (C=O) groups excluding carboxylic acids is 1. The van der Waals surface area contributed by atoms with Crippen molar-refractivity contribution in [3.05, 3.63) is 53.1 Å². The monoisotopic (exact) mass is 386 g/mol. The lowest BCUT2D eigenvalue weighted by atomic mass is 10.1. The van der Waals surface area contributed by atoms with E-state index in [0.717, 1.165) is 26.3 Å². The molecular formula is C17H11BrN2O2S. The van der Waals surface area contributed by atoms with Crippen molar-refractivity contribution in [1.29, 1.82) is 0 Å². The highest BCUT2D eigenvalue weighted by atomic mass is 79.9. The summed E-state index contributed by atoms with van der Waals surface area (Å²) >= 11 is 5.32. The zero-order valence-electron chi connectivity index (χ0n) is 12.1. The van der Waals surface area contributed by atoms with Gasteiger partial charge in [-0.25, -0.2) is 4.98 Å². The van der Waals surface area contributed by atoms with E-state index in [1.54, 1.807) is 23.5 Å². The highest BCUT2D eigenvalue weighted by Crippen LogP contribution is 2.36. The number of hydrogen-bond donors (Lipinski definition) is 0. The van der Waals surface area contributed by atoms with Gasteiger partial charge in [0.2, 0.25) is 0 Å². The molecule has 0 aliphatic rings. The molecule has 23 heavy (non-hydrogen) atoms.